The quantitative estimate of drug-likeness (QED) is 0.642. The predicted molar refractivity (Wildman–Crippen MR) is 77.2 cm³/mol. The summed E-state index contributed by atoms with van der Waals surface area (Å²) in [5.41, 5.74) is 6.96. The summed E-state index contributed by atoms with van der Waals surface area (Å²) in [6.45, 7) is 2.89. The average molecular weight is 266 g/mol. The first-order valence-electron chi connectivity index (χ1n) is 6.19. The van der Waals surface area contributed by atoms with Gasteiger partial charge >= 0.3 is 6.03 Å². The summed E-state index contributed by atoms with van der Waals surface area (Å²) in [6.07, 6.45) is 0. The van der Waals surface area contributed by atoms with E-state index in [0.29, 0.717) is 18.8 Å². The first-order valence-corrected chi connectivity index (χ1v) is 6.19. The van der Waals surface area contributed by atoms with Gasteiger partial charge in [0.15, 0.2) is 0 Å². The van der Waals surface area contributed by atoms with Gasteiger partial charge in [-0.05, 0) is 31.3 Å². The number of methoxy groups -OCH3 is 1. The van der Waals surface area contributed by atoms with E-state index in [4.69, 9.17) is 10.5 Å². The molecule has 1 aromatic rings. The Balaban J connectivity index is 2.19. The van der Waals surface area contributed by atoms with E-state index in [1.807, 2.05) is 7.05 Å². The van der Waals surface area contributed by atoms with E-state index in [1.54, 1.807) is 31.4 Å². The number of carbonyl (C=O) groups is 1. The van der Waals surface area contributed by atoms with E-state index in [1.165, 1.54) is 0 Å². The molecule has 0 aliphatic carbocycles. The maximum absolute atomic E-state index is 11.6. The van der Waals surface area contributed by atoms with Crippen molar-refractivity contribution < 1.29 is 9.53 Å². The molecule has 4 N–H and O–H groups in total. The Labute approximate surface area is 113 Å². The Morgan fingerprint density at radius 1 is 1.32 bits per heavy atom. The molecule has 6 heteroatoms. The summed E-state index contributed by atoms with van der Waals surface area (Å²) in [5.74, 6) is 0. The van der Waals surface area contributed by atoms with Crippen LogP contribution in [-0.2, 0) is 4.74 Å². The summed E-state index contributed by atoms with van der Waals surface area (Å²) < 4.78 is 4.98. The number of likely N-dealkylation sites (N-methyl/N-ethyl adjacent to an activating group) is 1. The van der Waals surface area contributed by atoms with Crippen LogP contribution in [0.15, 0.2) is 24.3 Å². The van der Waals surface area contributed by atoms with Crippen LogP contribution in [0.2, 0.25) is 0 Å². The van der Waals surface area contributed by atoms with Crippen molar-refractivity contribution in [3.05, 3.63) is 24.3 Å². The van der Waals surface area contributed by atoms with Gasteiger partial charge in [-0.1, -0.05) is 0 Å². The number of nitrogen functional groups attached to an aromatic ring is 1. The monoisotopic (exact) mass is 266 g/mol. The zero-order valence-corrected chi connectivity index (χ0v) is 11.5. The molecule has 1 aromatic carbocycles. The largest absolute Gasteiger partial charge is 0.399 e. The van der Waals surface area contributed by atoms with E-state index >= 15 is 0 Å². The lowest BCUT2D eigenvalue weighted by Gasteiger charge is -2.16. The van der Waals surface area contributed by atoms with Crippen molar-refractivity contribution in [1.82, 2.24) is 10.2 Å². The van der Waals surface area contributed by atoms with Gasteiger partial charge in [-0.25, -0.2) is 4.79 Å². The van der Waals surface area contributed by atoms with Crippen molar-refractivity contribution in [1.29, 1.82) is 0 Å². The lowest BCUT2D eigenvalue weighted by Crippen LogP contribution is -2.36. The minimum atomic E-state index is -0.218. The topological polar surface area (TPSA) is 79.6 Å². The first kappa shape index (κ1) is 15.3. The van der Waals surface area contributed by atoms with Crippen LogP contribution in [-0.4, -0.2) is 51.3 Å². The van der Waals surface area contributed by atoms with Crippen molar-refractivity contribution in [3.63, 3.8) is 0 Å². The van der Waals surface area contributed by atoms with Gasteiger partial charge in [0, 0.05) is 38.1 Å². The number of nitrogens with two attached hydrogens (primary N) is 1. The molecular weight excluding hydrogens is 244 g/mol. The SMILES string of the molecule is COCCN(C)CCNC(=O)Nc1ccc(N)cc1. The number of nitrogens with one attached hydrogen (secondary N) is 2. The molecule has 0 atom stereocenters. The van der Waals surface area contributed by atoms with Crippen LogP contribution < -0.4 is 16.4 Å². The number of hydrogen-bond donors (Lipinski definition) is 3. The van der Waals surface area contributed by atoms with Crippen LogP contribution >= 0.6 is 0 Å². The second kappa shape index (κ2) is 8.34. The summed E-state index contributed by atoms with van der Waals surface area (Å²) in [4.78, 5) is 13.7. The molecule has 0 saturated carbocycles. The standard InChI is InChI=1S/C13H22N4O2/c1-17(9-10-19-2)8-7-15-13(18)16-12-5-3-11(14)4-6-12/h3-6H,7-10,14H2,1-2H3,(H2,15,16,18). The molecule has 0 radical (unpaired) electrons. The van der Waals surface area contributed by atoms with Gasteiger partial charge in [-0.2, -0.15) is 0 Å². The number of amides is 2. The Hall–Kier alpha value is -1.79. The van der Waals surface area contributed by atoms with Gasteiger partial charge in [0.25, 0.3) is 0 Å². The molecule has 106 valence electrons. The van der Waals surface area contributed by atoms with Crippen molar-refractivity contribution in [2.24, 2.45) is 0 Å². The number of nitrogens with zero attached hydrogens (tertiary/aromatic N) is 1. The van der Waals surface area contributed by atoms with E-state index in [-0.39, 0.29) is 6.03 Å². The normalized spacial score (nSPS) is 10.5. The smallest absolute Gasteiger partial charge is 0.319 e. The van der Waals surface area contributed by atoms with Crippen LogP contribution in [0.25, 0.3) is 0 Å². The van der Waals surface area contributed by atoms with Crippen molar-refractivity contribution in [2.45, 2.75) is 0 Å². The van der Waals surface area contributed by atoms with Crippen LogP contribution in [0.5, 0.6) is 0 Å². The fraction of sp³-hybridized carbons (Fsp3) is 0.462. The molecule has 0 aromatic heterocycles. The fourth-order valence-electron chi connectivity index (χ4n) is 1.46. The second-order valence-corrected chi connectivity index (χ2v) is 4.30. The molecule has 0 unspecified atom stereocenters. The minimum absolute atomic E-state index is 0.218. The highest BCUT2D eigenvalue weighted by Crippen LogP contribution is 2.09. The van der Waals surface area contributed by atoms with E-state index < -0.39 is 0 Å². The number of urea groups is 1. The maximum Gasteiger partial charge on any atom is 0.319 e. The van der Waals surface area contributed by atoms with Crippen LogP contribution in [0.4, 0.5) is 16.2 Å². The summed E-state index contributed by atoms with van der Waals surface area (Å²) in [5, 5.41) is 5.53. The van der Waals surface area contributed by atoms with Gasteiger partial charge in [-0.3, -0.25) is 0 Å². The lowest BCUT2D eigenvalue weighted by atomic mass is 10.3. The molecule has 0 fully saturated rings. The first-order chi connectivity index (χ1) is 9.11. The summed E-state index contributed by atoms with van der Waals surface area (Å²) in [6, 6.07) is 6.80. The van der Waals surface area contributed by atoms with Crippen LogP contribution in [0.1, 0.15) is 0 Å². The van der Waals surface area contributed by atoms with Crippen molar-refractivity contribution in [2.75, 3.05) is 51.4 Å². The zero-order chi connectivity index (χ0) is 14.1. The third kappa shape index (κ3) is 6.64. The lowest BCUT2D eigenvalue weighted by molar-refractivity contribution is 0.161. The third-order valence-electron chi connectivity index (χ3n) is 2.62. The van der Waals surface area contributed by atoms with Gasteiger partial charge in [0.1, 0.15) is 0 Å². The van der Waals surface area contributed by atoms with E-state index in [0.717, 1.165) is 18.8 Å². The second-order valence-electron chi connectivity index (χ2n) is 4.30. The Morgan fingerprint density at radius 3 is 2.63 bits per heavy atom. The van der Waals surface area contributed by atoms with E-state index in [2.05, 4.69) is 15.5 Å². The molecule has 1 rings (SSSR count). The predicted octanol–water partition coefficient (Wildman–Crippen LogP) is 0.968. The highest BCUT2D eigenvalue weighted by Gasteiger charge is 2.02. The van der Waals surface area contributed by atoms with Gasteiger partial charge in [0.2, 0.25) is 0 Å². The number of anilines is 2. The summed E-state index contributed by atoms with van der Waals surface area (Å²) >= 11 is 0. The molecule has 0 aliphatic rings. The molecule has 19 heavy (non-hydrogen) atoms. The van der Waals surface area contributed by atoms with Crippen molar-refractivity contribution in [3.8, 4) is 0 Å². The Morgan fingerprint density at radius 2 is 2.00 bits per heavy atom. The van der Waals surface area contributed by atoms with Crippen molar-refractivity contribution >= 4 is 17.4 Å². The number of benzene rings is 1. The molecule has 0 bridgehead atoms. The number of rotatable bonds is 7. The molecule has 0 heterocycles. The van der Waals surface area contributed by atoms with Gasteiger partial charge < -0.3 is 26.0 Å². The molecule has 0 saturated heterocycles. The average Bonchev–Trinajstić information content (AvgIpc) is 2.39. The van der Waals surface area contributed by atoms with Gasteiger partial charge in [-0.15, -0.1) is 0 Å². The Kier molecular flexibility index (Phi) is 6.70. The maximum atomic E-state index is 11.6. The number of hydrogen-bond acceptors (Lipinski definition) is 4. The minimum Gasteiger partial charge on any atom is -0.399 e. The third-order valence-corrected chi connectivity index (χ3v) is 2.62. The van der Waals surface area contributed by atoms with Gasteiger partial charge in [0.05, 0.1) is 6.61 Å². The molecular formula is C13H22N4O2. The fourth-order valence-corrected chi connectivity index (χ4v) is 1.46. The number of ether oxygens (including phenoxy) is 1. The number of carbonyl (C=O) groups excluding carboxylic acids is 1. The molecule has 0 aliphatic heterocycles. The molecule has 6 nitrogen and oxygen atoms in total. The van der Waals surface area contributed by atoms with Crippen LogP contribution in [0.3, 0.4) is 0 Å². The molecule has 0 spiro atoms. The highest BCUT2D eigenvalue weighted by atomic mass is 16.5. The van der Waals surface area contributed by atoms with E-state index in [9.17, 15) is 4.79 Å². The van der Waals surface area contributed by atoms with Crippen LogP contribution in [0, 0.1) is 0 Å². The molecule has 2 amide bonds. The zero-order valence-electron chi connectivity index (χ0n) is 11.5. The Bertz CT molecular complexity index is 381. The highest BCUT2D eigenvalue weighted by molar-refractivity contribution is 5.89. The summed E-state index contributed by atoms with van der Waals surface area (Å²) in [7, 11) is 3.66.